The Morgan fingerprint density at radius 3 is 1.54 bits per heavy atom. The van der Waals surface area contributed by atoms with Crippen LogP contribution in [0.2, 0.25) is 0 Å². The minimum absolute atomic E-state index is 0.704. The van der Waals surface area contributed by atoms with E-state index in [-0.39, 0.29) is 0 Å². The van der Waals surface area contributed by atoms with Crippen LogP contribution in [0.15, 0.2) is 182 Å². The van der Waals surface area contributed by atoms with Gasteiger partial charge in [0.25, 0.3) is 0 Å². The molecular weight excluding hydrogens is 581 g/mol. The van der Waals surface area contributed by atoms with Crippen molar-refractivity contribution in [2.45, 2.75) is 0 Å². The summed E-state index contributed by atoms with van der Waals surface area (Å²) in [5.74, 6) is 0.704. The lowest BCUT2D eigenvalue weighted by Crippen LogP contribution is -1.99. The Hall–Kier alpha value is -6.38. The summed E-state index contributed by atoms with van der Waals surface area (Å²) in [6.45, 7) is 0. The summed E-state index contributed by atoms with van der Waals surface area (Å²) >= 11 is 0. The van der Waals surface area contributed by atoms with Crippen molar-refractivity contribution in [2.75, 3.05) is 0 Å². The molecule has 2 heteroatoms. The molecule has 0 fully saturated rings. The van der Waals surface area contributed by atoms with E-state index < -0.39 is 0 Å². The Morgan fingerprint density at radius 2 is 0.833 bits per heavy atom. The second-order valence-corrected chi connectivity index (χ2v) is 12.1. The van der Waals surface area contributed by atoms with Gasteiger partial charge in [-0.05, 0) is 55.3 Å². The molecule has 0 atom stereocenters. The SMILES string of the molecule is c1ccc(-c2nc(-c3ccccc3-c3ccccc3)cc(-c3c4ccccc4c(-c4ccccc4)c4ccc5ccccc5c34)n2)cc1. The third-order valence-corrected chi connectivity index (χ3v) is 9.28. The fourth-order valence-corrected chi connectivity index (χ4v) is 7.14. The first-order chi connectivity index (χ1) is 23.8. The molecule has 8 aromatic carbocycles. The molecule has 0 saturated heterocycles. The molecular formula is C46H30N2. The molecule has 9 rings (SSSR count). The first-order valence-corrected chi connectivity index (χ1v) is 16.3. The molecule has 0 aliphatic rings. The topological polar surface area (TPSA) is 25.8 Å². The molecule has 0 spiro atoms. The van der Waals surface area contributed by atoms with Crippen LogP contribution in [0.5, 0.6) is 0 Å². The van der Waals surface area contributed by atoms with Crippen LogP contribution in [0, 0.1) is 0 Å². The van der Waals surface area contributed by atoms with Crippen LogP contribution in [0.4, 0.5) is 0 Å². The highest BCUT2D eigenvalue weighted by Crippen LogP contribution is 2.46. The summed E-state index contributed by atoms with van der Waals surface area (Å²) in [5.41, 5.74) is 9.70. The van der Waals surface area contributed by atoms with Crippen molar-refractivity contribution in [3.8, 4) is 56.2 Å². The van der Waals surface area contributed by atoms with Crippen molar-refractivity contribution in [2.24, 2.45) is 0 Å². The molecule has 1 aromatic heterocycles. The van der Waals surface area contributed by atoms with Gasteiger partial charge >= 0.3 is 0 Å². The standard InChI is InChI=1S/C46H30N2/c1-4-16-31(17-5-1)35-23-12-13-25-37(35)41-30-42(48-46(47-41)34-21-8-3-9-22-34)45-39-27-15-14-26-38(39)43(33-19-6-2-7-20-33)40-29-28-32-18-10-11-24-36(32)44(40)45/h1-30H. The van der Waals surface area contributed by atoms with Crippen LogP contribution in [0.3, 0.4) is 0 Å². The van der Waals surface area contributed by atoms with E-state index >= 15 is 0 Å². The molecule has 0 radical (unpaired) electrons. The molecule has 9 aromatic rings. The molecule has 0 unspecified atom stereocenters. The highest BCUT2D eigenvalue weighted by atomic mass is 14.9. The van der Waals surface area contributed by atoms with Crippen molar-refractivity contribution in [3.63, 3.8) is 0 Å². The van der Waals surface area contributed by atoms with E-state index in [0.29, 0.717) is 5.82 Å². The zero-order valence-corrected chi connectivity index (χ0v) is 26.2. The van der Waals surface area contributed by atoms with Gasteiger partial charge in [0.05, 0.1) is 11.4 Å². The number of fused-ring (bicyclic) bond motifs is 4. The number of benzene rings is 8. The summed E-state index contributed by atoms with van der Waals surface area (Å²) in [4.78, 5) is 10.7. The van der Waals surface area contributed by atoms with Gasteiger partial charge in [0.2, 0.25) is 0 Å². The summed E-state index contributed by atoms with van der Waals surface area (Å²) in [7, 11) is 0. The van der Waals surface area contributed by atoms with Crippen molar-refractivity contribution in [1.29, 1.82) is 0 Å². The zero-order chi connectivity index (χ0) is 31.9. The Bertz CT molecular complexity index is 2590. The number of nitrogens with zero attached hydrogens (tertiary/aromatic N) is 2. The summed E-state index contributed by atoms with van der Waals surface area (Å²) in [5, 5.41) is 7.18. The second kappa shape index (κ2) is 11.8. The third-order valence-electron chi connectivity index (χ3n) is 9.28. The molecule has 0 aliphatic carbocycles. The van der Waals surface area contributed by atoms with Crippen molar-refractivity contribution < 1.29 is 0 Å². The van der Waals surface area contributed by atoms with Gasteiger partial charge in [-0.1, -0.05) is 176 Å². The van der Waals surface area contributed by atoms with Gasteiger partial charge in [-0.3, -0.25) is 0 Å². The summed E-state index contributed by atoms with van der Waals surface area (Å²) < 4.78 is 0. The maximum atomic E-state index is 5.40. The normalized spacial score (nSPS) is 11.3. The lowest BCUT2D eigenvalue weighted by atomic mass is 9.85. The fourth-order valence-electron chi connectivity index (χ4n) is 7.14. The highest BCUT2D eigenvalue weighted by molar-refractivity contribution is 6.27. The van der Waals surface area contributed by atoms with Crippen LogP contribution in [0.1, 0.15) is 0 Å². The molecule has 0 bridgehead atoms. The average molecular weight is 611 g/mol. The summed E-state index contributed by atoms with van der Waals surface area (Å²) in [6.07, 6.45) is 0. The van der Waals surface area contributed by atoms with E-state index in [9.17, 15) is 0 Å². The van der Waals surface area contributed by atoms with Crippen molar-refractivity contribution in [1.82, 2.24) is 9.97 Å². The first kappa shape index (κ1) is 27.9. The van der Waals surface area contributed by atoms with Crippen LogP contribution in [-0.4, -0.2) is 9.97 Å². The van der Waals surface area contributed by atoms with Crippen LogP contribution >= 0.6 is 0 Å². The highest BCUT2D eigenvalue weighted by Gasteiger charge is 2.21. The van der Waals surface area contributed by atoms with Gasteiger partial charge < -0.3 is 0 Å². The van der Waals surface area contributed by atoms with Gasteiger partial charge in [0.15, 0.2) is 5.82 Å². The van der Waals surface area contributed by atoms with Crippen LogP contribution < -0.4 is 0 Å². The fraction of sp³-hybridized carbons (Fsp3) is 0. The van der Waals surface area contributed by atoms with Gasteiger partial charge in [-0.15, -0.1) is 0 Å². The van der Waals surface area contributed by atoms with Crippen molar-refractivity contribution in [3.05, 3.63) is 182 Å². The van der Waals surface area contributed by atoms with E-state index in [1.807, 2.05) is 6.07 Å². The number of hydrogen-bond donors (Lipinski definition) is 0. The van der Waals surface area contributed by atoms with E-state index in [0.717, 1.165) is 39.2 Å². The largest absolute Gasteiger partial charge is 0.228 e. The molecule has 224 valence electrons. The van der Waals surface area contributed by atoms with Crippen molar-refractivity contribution >= 4 is 32.3 Å². The first-order valence-electron chi connectivity index (χ1n) is 16.3. The Morgan fingerprint density at radius 1 is 0.312 bits per heavy atom. The monoisotopic (exact) mass is 610 g/mol. The number of hydrogen-bond acceptors (Lipinski definition) is 2. The molecule has 1 heterocycles. The van der Waals surface area contributed by atoms with E-state index in [1.165, 1.54) is 43.4 Å². The lowest BCUT2D eigenvalue weighted by Gasteiger charge is -2.20. The van der Waals surface area contributed by atoms with E-state index in [2.05, 4.69) is 176 Å². The Labute approximate surface area is 279 Å². The van der Waals surface area contributed by atoms with Crippen LogP contribution in [0.25, 0.3) is 88.5 Å². The number of rotatable bonds is 5. The zero-order valence-electron chi connectivity index (χ0n) is 26.2. The Balaban J connectivity index is 1.44. The van der Waals surface area contributed by atoms with E-state index in [1.54, 1.807) is 0 Å². The van der Waals surface area contributed by atoms with Gasteiger partial charge in [-0.2, -0.15) is 0 Å². The van der Waals surface area contributed by atoms with Gasteiger partial charge in [0, 0.05) is 22.1 Å². The molecule has 2 nitrogen and oxygen atoms in total. The smallest absolute Gasteiger partial charge is 0.160 e. The number of aromatic nitrogens is 2. The van der Waals surface area contributed by atoms with Crippen LogP contribution in [-0.2, 0) is 0 Å². The maximum absolute atomic E-state index is 5.40. The molecule has 0 saturated carbocycles. The van der Waals surface area contributed by atoms with Gasteiger partial charge in [0.1, 0.15) is 0 Å². The second-order valence-electron chi connectivity index (χ2n) is 12.1. The molecule has 0 N–H and O–H groups in total. The molecule has 0 aliphatic heterocycles. The molecule has 0 amide bonds. The average Bonchev–Trinajstić information content (AvgIpc) is 3.17. The Kier molecular flexibility index (Phi) is 6.84. The van der Waals surface area contributed by atoms with E-state index in [4.69, 9.17) is 9.97 Å². The minimum atomic E-state index is 0.704. The quantitative estimate of drug-likeness (QED) is 0.143. The predicted molar refractivity (Wildman–Crippen MR) is 202 cm³/mol. The summed E-state index contributed by atoms with van der Waals surface area (Å²) in [6, 6.07) is 64.4. The maximum Gasteiger partial charge on any atom is 0.160 e. The van der Waals surface area contributed by atoms with Gasteiger partial charge in [-0.25, -0.2) is 9.97 Å². The third kappa shape index (κ3) is 4.74. The predicted octanol–water partition coefficient (Wildman–Crippen LogP) is 12.3. The molecule has 48 heavy (non-hydrogen) atoms. The lowest BCUT2D eigenvalue weighted by molar-refractivity contribution is 1.19. The minimum Gasteiger partial charge on any atom is -0.228 e.